The normalized spacial score (nSPS) is 19.2. The molecule has 6 heteroatoms. The van der Waals surface area contributed by atoms with E-state index in [1.807, 2.05) is 12.1 Å². The minimum Gasteiger partial charge on any atom is -0.386 e. The first-order chi connectivity index (χ1) is 10.0. The first kappa shape index (κ1) is 15.0. The number of aryl methyl sites for hydroxylation is 1. The average Bonchev–Trinajstić information content (AvgIpc) is 3.03. The largest absolute Gasteiger partial charge is 0.386 e. The van der Waals surface area contributed by atoms with Crippen LogP contribution in [0.5, 0.6) is 0 Å². The third kappa shape index (κ3) is 3.30. The van der Waals surface area contributed by atoms with Gasteiger partial charge in [0.15, 0.2) is 0 Å². The lowest BCUT2D eigenvalue weighted by molar-refractivity contribution is -0.000457. The van der Waals surface area contributed by atoms with E-state index in [9.17, 15) is 5.11 Å². The molecule has 1 fully saturated rings. The molecule has 112 valence electrons. The van der Waals surface area contributed by atoms with Gasteiger partial charge in [-0.05, 0) is 43.4 Å². The highest BCUT2D eigenvalue weighted by atomic mass is 79.9. The number of benzene rings is 1. The third-order valence-corrected chi connectivity index (χ3v) is 5.41. The van der Waals surface area contributed by atoms with E-state index < -0.39 is 10.5 Å². The molecular formula is C15H17BrClN3O. The van der Waals surface area contributed by atoms with Crippen molar-refractivity contribution in [3.8, 4) is 0 Å². The Kier molecular flexibility index (Phi) is 4.08. The molecule has 1 aliphatic rings. The van der Waals surface area contributed by atoms with Gasteiger partial charge in [-0.1, -0.05) is 28.1 Å². The Hall–Kier alpha value is -0.910. The van der Waals surface area contributed by atoms with Crippen LogP contribution in [0.15, 0.2) is 41.4 Å². The first-order valence-corrected chi connectivity index (χ1v) is 8.16. The van der Waals surface area contributed by atoms with Crippen molar-refractivity contribution in [2.24, 2.45) is 0 Å². The molecule has 0 radical (unpaired) electrons. The maximum atomic E-state index is 11.1. The van der Waals surface area contributed by atoms with Crippen molar-refractivity contribution in [2.75, 3.05) is 0 Å². The number of alkyl halides is 1. The van der Waals surface area contributed by atoms with Crippen LogP contribution in [0.4, 0.5) is 0 Å². The van der Waals surface area contributed by atoms with Gasteiger partial charge in [0.25, 0.3) is 0 Å². The van der Waals surface area contributed by atoms with Crippen LogP contribution >= 0.6 is 27.5 Å². The van der Waals surface area contributed by atoms with Gasteiger partial charge in [-0.3, -0.25) is 4.68 Å². The molecule has 1 unspecified atom stereocenters. The summed E-state index contributed by atoms with van der Waals surface area (Å²) in [6.45, 7) is 0.382. The second-order valence-corrected chi connectivity index (χ2v) is 7.36. The fraction of sp³-hybridized carbons (Fsp3) is 0.467. The van der Waals surface area contributed by atoms with Gasteiger partial charge in [-0.25, -0.2) is 4.98 Å². The van der Waals surface area contributed by atoms with E-state index in [4.69, 9.17) is 11.6 Å². The van der Waals surface area contributed by atoms with Crippen LogP contribution in [-0.2, 0) is 13.0 Å². The van der Waals surface area contributed by atoms with Gasteiger partial charge < -0.3 is 5.11 Å². The van der Waals surface area contributed by atoms with E-state index in [0.717, 1.165) is 23.7 Å². The summed E-state index contributed by atoms with van der Waals surface area (Å²) in [6, 6.07) is 8.15. The maximum Gasteiger partial charge on any atom is 0.137 e. The number of hydrogen-bond donors (Lipinski definition) is 1. The smallest absolute Gasteiger partial charge is 0.137 e. The topological polar surface area (TPSA) is 50.9 Å². The van der Waals surface area contributed by atoms with Crippen molar-refractivity contribution in [3.05, 3.63) is 47.0 Å². The molecule has 1 aromatic heterocycles. The molecule has 0 aliphatic heterocycles. The molecule has 3 rings (SSSR count). The minimum absolute atomic E-state index is 0.382. The van der Waals surface area contributed by atoms with Crippen molar-refractivity contribution >= 4 is 27.5 Å². The summed E-state index contributed by atoms with van der Waals surface area (Å²) in [5.74, 6) is 0. The number of aromatic nitrogens is 3. The van der Waals surface area contributed by atoms with Gasteiger partial charge in [-0.2, -0.15) is 5.10 Å². The number of nitrogens with zero attached hydrogens (tertiary/aromatic N) is 3. The van der Waals surface area contributed by atoms with Gasteiger partial charge in [0.2, 0.25) is 0 Å². The highest BCUT2D eigenvalue weighted by molar-refractivity contribution is 9.10. The van der Waals surface area contributed by atoms with Crippen molar-refractivity contribution < 1.29 is 5.11 Å². The van der Waals surface area contributed by atoms with Gasteiger partial charge in [0.1, 0.15) is 18.3 Å². The second kappa shape index (κ2) is 5.71. The van der Waals surface area contributed by atoms with Crippen molar-refractivity contribution in [3.63, 3.8) is 0 Å². The Balaban J connectivity index is 1.72. The maximum absolute atomic E-state index is 11.1. The molecular weight excluding hydrogens is 354 g/mol. The SMILES string of the molecule is OC(CCc1ccc(Br)cc1)(Cn1cncn1)C1(Cl)CC1. The molecule has 2 aromatic rings. The van der Waals surface area contributed by atoms with Gasteiger partial charge >= 0.3 is 0 Å². The van der Waals surface area contributed by atoms with E-state index in [-0.39, 0.29) is 0 Å². The van der Waals surface area contributed by atoms with Gasteiger partial charge in [0, 0.05) is 4.47 Å². The molecule has 1 aromatic carbocycles. The van der Waals surface area contributed by atoms with Crippen LogP contribution < -0.4 is 0 Å². The van der Waals surface area contributed by atoms with Crippen LogP contribution in [0.3, 0.4) is 0 Å². The summed E-state index contributed by atoms with van der Waals surface area (Å²) < 4.78 is 2.71. The highest BCUT2D eigenvalue weighted by Crippen LogP contribution is 2.53. The molecule has 0 bridgehead atoms. The van der Waals surface area contributed by atoms with E-state index in [1.165, 1.54) is 11.9 Å². The Morgan fingerprint density at radius 3 is 2.62 bits per heavy atom. The fourth-order valence-electron chi connectivity index (χ4n) is 2.60. The molecule has 0 amide bonds. The fourth-order valence-corrected chi connectivity index (χ4v) is 3.12. The van der Waals surface area contributed by atoms with Crippen LogP contribution in [0, 0.1) is 0 Å². The molecule has 1 aliphatic carbocycles. The summed E-state index contributed by atoms with van der Waals surface area (Å²) in [5.41, 5.74) is 0.228. The van der Waals surface area contributed by atoms with E-state index in [0.29, 0.717) is 13.0 Å². The van der Waals surface area contributed by atoms with Crippen molar-refractivity contribution in [2.45, 2.75) is 42.7 Å². The molecule has 1 atom stereocenters. The number of aliphatic hydroxyl groups is 1. The molecule has 1 heterocycles. The lowest BCUT2D eigenvalue weighted by atomic mass is 9.89. The molecule has 21 heavy (non-hydrogen) atoms. The number of hydrogen-bond acceptors (Lipinski definition) is 3. The summed E-state index contributed by atoms with van der Waals surface area (Å²) in [7, 11) is 0. The van der Waals surface area contributed by atoms with Gasteiger partial charge in [0.05, 0.1) is 11.4 Å². The minimum atomic E-state index is -0.963. The molecule has 1 N–H and O–H groups in total. The monoisotopic (exact) mass is 369 g/mol. The van der Waals surface area contributed by atoms with E-state index in [1.54, 1.807) is 11.0 Å². The lowest BCUT2D eigenvalue weighted by Gasteiger charge is -2.33. The Morgan fingerprint density at radius 2 is 2.05 bits per heavy atom. The van der Waals surface area contributed by atoms with Crippen LogP contribution in [0.1, 0.15) is 24.8 Å². The molecule has 1 saturated carbocycles. The Morgan fingerprint density at radius 1 is 1.33 bits per heavy atom. The quantitative estimate of drug-likeness (QED) is 0.795. The highest BCUT2D eigenvalue weighted by Gasteiger charge is 2.57. The summed E-state index contributed by atoms with van der Waals surface area (Å²) in [5, 5.41) is 15.2. The summed E-state index contributed by atoms with van der Waals surface area (Å²) in [6.07, 6.45) is 6.18. The first-order valence-electron chi connectivity index (χ1n) is 6.99. The standard InChI is InChI=1S/C15H17BrClN3O/c16-13-3-1-12(2-4-13)5-6-15(21,14(17)7-8-14)9-20-11-18-10-19-20/h1-4,10-11,21H,5-9H2. The van der Waals surface area contributed by atoms with Crippen LogP contribution in [0.25, 0.3) is 0 Å². The zero-order chi connectivity index (χ0) is 14.9. The average molecular weight is 371 g/mol. The summed E-state index contributed by atoms with van der Waals surface area (Å²) in [4.78, 5) is 3.41. The molecule has 0 spiro atoms. The molecule has 4 nitrogen and oxygen atoms in total. The van der Waals surface area contributed by atoms with Gasteiger partial charge in [-0.15, -0.1) is 11.6 Å². The van der Waals surface area contributed by atoms with Crippen LogP contribution in [0.2, 0.25) is 0 Å². The zero-order valence-corrected chi connectivity index (χ0v) is 13.9. The Bertz CT molecular complexity index is 598. The van der Waals surface area contributed by atoms with Crippen molar-refractivity contribution in [1.29, 1.82) is 0 Å². The predicted octanol–water partition coefficient (Wildman–Crippen LogP) is 3.18. The summed E-state index contributed by atoms with van der Waals surface area (Å²) >= 11 is 9.97. The van der Waals surface area contributed by atoms with Crippen molar-refractivity contribution in [1.82, 2.24) is 14.8 Å². The molecule has 0 saturated heterocycles. The zero-order valence-electron chi connectivity index (χ0n) is 11.5. The second-order valence-electron chi connectivity index (χ2n) is 5.72. The van der Waals surface area contributed by atoms with E-state index in [2.05, 4.69) is 38.1 Å². The predicted molar refractivity (Wildman–Crippen MR) is 85.3 cm³/mol. The van der Waals surface area contributed by atoms with E-state index >= 15 is 0 Å². The lowest BCUT2D eigenvalue weighted by Crippen LogP contribution is -2.45. The third-order valence-electron chi connectivity index (χ3n) is 4.15. The number of rotatable bonds is 6. The number of halogens is 2. The van der Waals surface area contributed by atoms with Crippen LogP contribution in [-0.4, -0.2) is 30.3 Å². The Labute approximate surface area is 137 Å².